The first-order valence-corrected chi connectivity index (χ1v) is 10.0. The predicted molar refractivity (Wildman–Crippen MR) is 105 cm³/mol. The molecule has 29 heavy (non-hydrogen) atoms. The van der Waals surface area contributed by atoms with E-state index in [0.717, 1.165) is 0 Å². The second-order valence-corrected chi connectivity index (χ2v) is 8.67. The second kappa shape index (κ2) is 9.42. The summed E-state index contributed by atoms with van der Waals surface area (Å²) in [5, 5.41) is 0. The average Bonchev–Trinajstić information content (AvgIpc) is 2.55. The minimum atomic E-state index is -4.77. The molecule has 2 rings (SSSR count). The van der Waals surface area contributed by atoms with E-state index in [0.29, 0.717) is 32.8 Å². The summed E-state index contributed by atoms with van der Waals surface area (Å²) in [5.41, 5.74) is -0.541. The van der Waals surface area contributed by atoms with Crippen LogP contribution in [-0.2, 0) is 4.74 Å². The van der Waals surface area contributed by atoms with Crippen molar-refractivity contribution in [2.45, 2.75) is 45.7 Å². The molecule has 0 aromatic heterocycles. The number of halogens is 4. The molecule has 1 aromatic rings. The van der Waals surface area contributed by atoms with E-state index in [1.54, 1.807) is 11.0 Å². The predicted octanol–water partition coefficient (Wildman–Crippen LogP) is 4.67. The third-order valence-electron chi connectivity index (χ3n) is 4.14. The van der Waals surface area contributed by atoms with Crippen molar-refractivity contribution in [2.24, 2.45) is 0 Å². The van der Waals surface area contributed by atoms with Crippen LogP contribution in [0.2, 0.25) is 0 Å². The molecule has 164 valence electrons. The fourth-order valence-corrected chi connectivity index (χ4v) is 3.22. The summed E-state index contributed by atoms with van der Waals surface area (Å²) >= 11 is 3.02. The number of ether oxygens (including phenoxy) is 3. The zero-order valence-electron chi connectivity index (χ0n) is 16.9. The number of rotatable bonds is 5. The van der Waals surface area contributed by atoms with Gasteiger partial charge in [-0.15, -0.1) is 13.2 Å². The van der Waals surface area contributed by atoms with Crippen LogP contribution in [0, 0.1) is 0 Å². The van der Waals surface area contributed by atoms with Gasteiger partial charge < -0.3 is 19.1 Å². The molecule has 10 heteroatoms. The van der Waals surface area contributed by atoms with E-state index in [9.17, 15) is 18.0 Å². The van der Waals surface area contributed by atoms with Gasteiger partial charge in [0, 0.05) is 38.3 Å². The van der Waals surface area contributed by atoms with Gasteiger partial charge in [-0.1, -0.05) is 0 Å². The fourth-order valence-electron chi connectivity index (χ4n) is 2.90. The number of piperazine rings is 1. The molecule has 1 heterocycles. The Labute approximate surface area is 177 Å². The van der Waals surface area contributed by atoms with Crippen molar-refractivity contribution >= 4 is 22.0 Å². The first-order valence-electron chi connectivity index (χ1n) is 9.24. The van der Waals surface area contributed by atoms with Gasteiger partial charge in [-0.25, -0.2) is 4.79 Å². The number of alkyl halides is 3. The Bertz CT molecular complexity index is 710. The van der Waals surface area contributed by atoms with Crippen LogP contribution < -0.4 is 9.47 Å². The fraction of sp³-hybridized carbons (Fsp3) is 0.632. The van der Waals surface area contributed by atoms with Crippen molar-refractivity contribution in [3.8, 4) is 11.5 Å². The van der Waals surface area contributed by atoms with E-state index in [1.165, 1.54) is 12.1 Å². The largest absolute Gasteiger partial charge is 0.573 e. The highest BCUT2D eigenvalue weighted by atomic mass is 79.9. The monoisotopic (exact) mass is 482 g/mol. The summed E-state index contributed by atoms with van der Waals surface area (Å²) < 4.78 is 52.5. The summed E-state index contributed by atoms with van der Waals surface area (Å²) in [6, 6.07) is 4.19. The van der Waals surface area contributed by atoms with Gasteiger partial charge in [0.05, 0.1) is 4.47 Å². The lowest BCUT2D eigenvalue weighted by Gasteiger charge is -2.40. The topological polar surface area (TPSA) is 51.2 Å². The molecule has 0 unspecified atom stereocenters. The first-order chi connectivity index (χ1) is 13.3. The zero-order valence-corrected chi connectivity index (χ0v) is 18.5. The van der Waals surface area contributed by atoms with Crippen molar-refractivity contribution in [2.75, 3.05) is 32.8 Å². The summed E-state index contributed by atoms with van der Waals surface area (Å²) in [7, 11) is 0. The van der Waals surface area contributed by atoms with Crippen molar-refractivity contribution in [1.82, 2.24) is 9.80 Å². The standard InChI is InChI=1S/C19H26BrF3N2O4/c1-13-12-24(7-8-25(13)17(26)29-18(2,3)4)9-10-27-14-5-6-15(20)16(11-14)28-19(21,22)23/h5-6,11,13H,7-10,12H2,1-4H3/t13-/m1/s1. The molecule has 1 aliphatic heterocycles. The van der Waals surface area contributed by atoms with Crippen LogP contribution in [0.15, 0.2) is 22.7 Å². The minimum Gasteiger partial charge on any atom is -0.492 e. The number of carbonyl (C=O) groups is 1. The maximum absolute atomic E-state index is 12.4. The maximum atomic E-state index is 12.4. The molecule has 1 amide bonds. The molecule has 0 spiro atoms. The Morgan fingerprint density at radius 2 is 1.93 bits per heavy atom. The van der Waals surface area contributed by atoms with Gasteiger partial charge in [0.2, 0.25) is 0 Å². The van der Waals surface area contributed by atoms with E-state index < -0.39 is 12.0 Å². The molecular formula is C19H26BrF3N2O4. The Hall–Kier alpha value is -1.68. The maximum Gasteiger partial charge on any atom is 0.573 e. The quantitative estimate of drug-likeness (QED) is 0.610. The lowest BCUT2D eigenvalue weighted by molar-refractivity contribution is -0.274. The lowest BCUT2D eigenvalue weighted by atomic mass is 10.2. The number of hydrogen-bond donors (Lipinski definition) is 0. The molecule has 0 aliphatic carbocycles. The minimum absolute atomic E-state index is 0.0157. The Morgan fingerprint density at radius 1 is 1.24 bits per heavy atom. The molecule has 0 bridgehead atoms. The van der Waals surface area contributed by atoms with Crippen LogP contribution in [0.4, 0.5) is 18.0 Å². The number of nitrogens with zero attached hydrogens (tertiary/aromatic N) is 2. The Balaban J connectivity index is 1.82. The van der Waals surface area contributed by atoms with Gasteiger partial charge in [0.15, 0.2) is 0 Å². The van der Waals surface area contributed by atoms with E-state index in [-0.39, 0.29) is 28.1 Å². The second-order valence-electron chi connectivity index (χ2n) is 7.81. The lowest BCUT2D eigenvalue weighted by Crippen LogP contribution is -2.55. The van der Waals surface area contributed by atoms with Crippen LogP contribution in [0.3, 0.4) is 0 Å². The molecule has 6 nitrogen and oxygen atoms in total. The smallest absolute Gasteiger partial charge is 0.492 e. The average molecular weight is 483 g/mol. The molecule has 0 N–H and O–H groups in total. The van der Waals surface area contributed by atoms with Crippen molar-refractivity contribution in [1.29, 1.82) is 0 Å². The van der Waals surface area contributed by atoms with Crippen molar-refractivity contribution in [3.05, 3.63) is 22.7 Å². The molecule has 1 fully saturated rings. The van der Waals surface area contributed by atoms with Crippen LogP contribution >= 0.6 is 15.9 Å². The Morgan fingerprint density at radius 3 is 2.52 bits per heavy atom. The molecule has 1 aliphatic rings. The van der Waals surface area contributed by atoms with Crippen LogP contribution in [0.5, 0.6) is 11.5 Å². The highest BCUT2D eigenvalue weighted by molar-refractivity contribution is 9.10. The summed E-state index contributed by atoms with van der Waals surface area (Å²) in [6.45, 7) is 10.2. The summed E-state index contributed by atoms with van der Waals surface area (Å²) in [5.74, 6) is -0.0671. The molecule has 1 aromatic carbocycles. The number of hydrogen-bond acceptors (Lipinski definition) is 5. The molecule has 1 saturated heterocycles. The van der Waals surface area contributed by atoms with Crippen LogP contribution in [0.1, 0.15) is 27.7 Å². The third-order valence-corrected chi connectivity index (χ3v) is 4.80. The molecular weight excluding hydrogens is 457 g/mol. The van der Waals surface area contributed by atoms with Crippen molar-refractivity contribution in [3.63, 3.8) is 0 Å². The molecule has 1 atom stereocenters. The number of benzene rings is 1. The number of carbonyl (C=O) groups excluding carboxylic acids is 1. The highest BCUT2D eigenvalue weighted by Crippen LogP contribution is 2.33. The van der Waals surface area contributed by atoms with Crippen molar-refractivity contribution < 1.29 is 32.2 Å². The van der Waals surface area contributed by atoms with E-state index in [2.05, 4.69) is 25.6 Å². The highest BCUT2D eigenvalue weighted by Gasteiger charge is 2.32. The Kier molecular flexibility index (Phi) is 7.67. The zero-order chi connectivity index (χ0) is 21.8. The van der Waals surface area contributed by atoms with Crippen LogP contribution in [-0.4, -0.2) is 66.7 Å². The normalized spacial score (nSPS) is 18.5. The van der Waals surface area contributed by atoms with E-state index in [1.807, 2.05) is 27.7 Å². The van der Waals surface area contributed by atoms with Gasteiger partial charge >= 0.3 is 12.5 Å². The van der Waals surface area contributed by atoms with Gasteiger partial charge in [-0.05, 0) is 55.8 Å². The van der Waals surface area contributed by atoms with E-state index in [4.69, 9.17) is 9.47 Å². The molecule has 0 saturated carbocycles. The summed E-state index contributed by atoms with van der Waals surface area (Å²) in [6.07, 6.45) is -5.10. The van der Waals surface area contributed by atoms with Gasteiger partial charge in [-0.3, -0.25) is 4.90 Å². The van der Waals surface area contributed by atoms with Gasteiger partial charge in [0.25, 0.3) is 0 Å². The third kappa shape index (κ3) is 7.93. The number of amides is 1. The summed E-state index contributed by atoms with van der Waals surface area (Å²) in [4.78, 5) is 16.1. The first kappa shape index (κ1) is 23.6. The van der Waals surface area contributed by atoms with Crippen LogP contribution in [0.25, 0.3) is 0 Å². The SMILES string of the molecule is C[C@@H]1CN(CCOc2ccc(Br)c(OC(F)(F)F)c2)CCN1C(=O)OC(C)(C)C. The van der Waals surface area contributed by atoms with Gasteiger partial charge in [0.1, 0.15) is 23.7 Å². The van der Waals surface area contributed by atoms with Gasteiger partial charge in [-0.2, -0.15) is 0 Å². The van der Waals surface area contributed by atoms with E-state index >= 15 is 0 Å². The molecule has 0 radical (unpaired) electrons.